The second-order valence-corrected chi connectivity index (χ2v) is 37.5. The standard InChI is InChI=1S/C120H90N24/c1-129(137-65-57-73-33-9-25-49-89(73)137)105-81-41-17-18-42-82(81)106(130(2)138-66-58-74-34-10-26-50-90(74)138)98-97(105)113-121-114(98)126-116-101-102(110(134(6)142-70-62-78-38-14-30-54-94(78)142)86-46-22-21-45-85(86)109(101)133(5)141-69-61-77-37-13-29-53-93(77)141)118(123-116)128-120-104-103(111(135(7)143-71-63-79-39-15-31-55-95(79)143)87-47-23-24-48-88(87)112(104)136(8)144-72-64-80-40-16-32-56-96(80)144)119(124-120)127-117-100-99(115(122-117)125-113)107(131(3)139-67-59-75-35-11-27-51-91(75)139)83-43-19-20-44-84(83)108(100)132(4)140-68-60-76-36-12-28-52-92(76)140/h9-72H,1-8H3,(H2,121,122,123,124,125,126,127,128). The van der Waals surface area contributed by atoms with Crippen molar-refractivity contribution in [2.45, 2.75) is 0 Å². The molecule has 0 amide bonds. The van der Waals surface area contributed by atoms with Gasteiger partial charge in [-0.1, -0.05) is 243 Å². The summed E-state index contributed by atoms with van der Waals surface area (Å²) < 4.78 is 18.0. The van der Waals surface area contributed by atoms with Crippen LogP contribution in [-0.4, -0.2) is 134 Å². The van der Waals surface area contributed by atoms with E-state index in [0.29, 0.717) is 68.1 Å². The number of nitrogens with one attached hydrogen (secondary N) is 2. The normalized spacial score (nSPS) is 12.2. The highest BCUT2D eigenvalue weighted by Gasteiger charge is 2.40. The lowest BCUT2D eigenvalue weighted by molar-refractivity contribution is 0.807. The third kappa shape index (κ3) is 11.8. The number of nitrogens with zero attached hydrogens (tertiary/aromatic N) is 22. The van der Waals surface area contributed by atoms with Crippen molar-refractivity contribution in [1.29, 1.82) is 0 Å². The number of aromatic nitrogens is 16. The molecule has 0 saturated heterocycles. The fraction of sp³-hybridized carbons (Fsp3) is 0.0667. The van der Waals surface area contributed by atoms with Crippen molar-refractivity contribution in [3.05, 3.63) is 389 Å². The Bertz CT molecular complexity index is 9160. The summed E-state index contributed by atoms with van der Waals surface area (Å²) in [6.07, 6.45) is 17.3. The number of para-hydroxylation sites is 8. The summed E-state index contributed by atoms with van der Waals surface area (Å²) in [4.78, 5) is 47.4. The summed E-state index contributed by atoms with van der Waals surface area (Å²) in [6, 6.07) is 121. The first-order valence-electron chi connectivity index (χ1n) is 48.4. The van der Waals surface area contributed by atoms with E-state index in [-0.39, 0.29) is 0 Å². The predicted octanol–water partition coefficient (Wildman–Crippen LogP) is 26.3. The number of fused-ring (bicyclic) bond motifs is 32. The van der Waals surface area contributed by atoms with E-state index in [2.05, 4.69) is 533 Å². The number of hydrogen-bond donors (Lipinski definition) is 2. The van der Waals surface area contributed by atoms with Crippen molar-refractivity contribution >= 4 is 220 Å². The number of anilines is 8. The van der Waals surface area contributed by atoms with Crippen LogP contribution in [0.25, 0.3) is 220 Å². The van der Waals surface area contributed by atoms with Crippen LogP contribution in [0.1, 0.15) is 0 Å². The summed E-state index contributed by atoms with van der Waals surface area (Å²) in [7, 11) is 17.3. The van der Waals surface area contributed by atoms with Crippen LogP contribution in [0.3, 0.4) is 0 Å². The van der Waals surface area contributed by atoms with Gasteiger partial charge >= 0.3 is 0 Å². The molecule has 29 rings (SSSR count). The molecule has 2 N–H and O–H groups in total. The lowest BCUT2D eigenvalue weighted by atomic mass is 9.95. The molecule has 24 heteroatoms. The molecule has 2 aliphatic rings. The van der Waals surface area contributed by atoms with Crippen molar-refractivity contribution < 1.29 is 0 Å². The summed E-state index contributed by atoms with van der Waals surface area (Å²) in [5, 5.41) is 37.2. The van der Waals surface area contributed by atoms with Crippen LogP contribution >= 0.6 is 0 Å². The average Bonchev–Trinajstić information content (AvgIpc) is 1.53. The van der Waals surface area contributed by atoms with Gasteiger partial charge in [0.15, 0.2) is 23.3 Å². The zero-order valence-electron chi connectivity index (χ0n) is 79.8. The van der Waals surface area contributed by atoms with E-state index in [9.17, 15) is 0 Å². The highest BCUT2D eigenvalue weighted by atomic mass is 15.6. The van der Waals surface area contributed by atoms with Gasteiger partial charge in [0.05, 0.1) is 133 Å². The molecule has 0 unspecified atom stereocenters. The van der Waals surface area contributed by atoms with Crippen LogP contribution in [0.15, 0.2) is 389 Å². The van der Waals surface area contributed by atoms with Crippen LogP contribution in [0, 0.1) is 0 Å². The minimum Gasteiger partial charge on any atom is -0.324 e. The Hall–Kier alpha value is -19.4. The predicted molar refractivity (Wildman–Crippen MR) is 592 cm³/mol. The Kier molecular flexibility index (Phi) is 17.6. The summed E-state index contributed by atoms with van der Waals surface area (Å²) in [6.45, 7) is 0. The third-order valence-electron chi connectivity index (χ3n) is 30.1. The molecule has 0 aliphatic carbocycles. The van der Waals surface area contributed by atoms with E-state index in [4.69, 9.17) is 29.9 Å². The van der Waals surface area contributed by atoms with Gasteiger partial charge in [-0.3, -0.25) is 77.5 Å². The van der Waals surface area contributed by atoms with E-state index in [1.165, 1.54) is 0 Å². The molecule has 27 aromatic rings. The first kappa shape index (κ1) is 81.8. The molecule has 0 atom stereocenters. The van der Waals surface area contributed by atoms with E-state index >= 15 is 0 Å². The van der Waals surface area contributed by atoms with E-state index in [1.807, 2.05) is 0 Å². The van der Waals surface area contributed by atoms with Gasteiger partial charge in [0, 0.05) is 192 Å². The van der Waals surface area contributed by atoms with E-state index < -0.39 is 0 Å². The zero-order chi connectivity index (χ0) is 95.9. The largest absolute Gasteiger partial charge is 0.324 e. The van der Waals surface area contributed by atoms with Crippen LogP contribution < -0.4 is 40.1 Å². The van der Waals surface area contributed by atoms with Gasteiger partial charge in [-0.15, -0.1) is 0 Å². The van der Waals surface area contributed by atoms with Crippen molar-refractivity contribution in [1.82, 2.24) is 77.3 Å². The Morgan fingerprint density at radius 3 is 0.465 bits per heavy atom. The molecule has 144 heavy (non-hydrogen) atoms. The first-order valence-corrected chi connectivity index (χ1v) is 48.4. The molecule has 0 radical (unpaired) electrons. The maximum atomic E-state index is 6.54. The quantitative estimate of drug-likeness (QED) is 0.0874. The number of aromatic amines is 2. The van der Waals surface area contributed by atoms with Gasteiger partial charge in [-0.25, -0.2) is 29.9 Å². The van der Waals surface area contributed by atoms with Crippen molar-refractivity contribution in [2.24, 2.45) is 0 Å². The fourth-order valence-corrected chi connectivity index (χ4v) is 23.6. The second-order valence-electron chi connectivity index (χ2n) is 37.5. The molecular weight excluding hydrogens is 1780 g/mol. The second kappa shape index (κ2) is 31.1. The molecule has 24 nitrogen and oxygen atoms in total. The molecule has 0 spiro atoms. The van der Waals surface area contributed by atoms with Crippen molar-refractivity contribution in [3.63, 3.8) is 0 Å². The van der Waals surface area contributed by atoms with E-state index in [0.717, 1.165) is 197 Å². The lowest BCUT2D eigenvalue weighted by Gasteiger charge is -2.31. The number of benzene rings is 16. The maximum Gasteiger partial charge on any atom is 0.167 e. The fourth-order valence-electron chi connectivity index (χ4n) is 23.6. The molecule has 690 valence electrons. The van der Waals surface area contributed by atoms with Crippen LogP contribution in [0.5, 0.6) is 0 Å². The van der Waals surface area contributed by atoms with Crippen LogP contribution in [0.2, 0.25) is 0 Å². The molecule has 11 aromatic heterocycles. The SMILES string of the molecule is CN(c1c2c(c(N(C)n3ccc4ccccc43)c3ccccc13)-c1nc-2nc2[nH]c(nc3nc(nc4[nH]c(n1)c1c(N(C)n5ccc6ccccc65)c5ccccc5c(N(C)n5ccc6ccccc65)c41)-c1c-3c(N(C)n3ccc4ccccc43)c3ccccc3c1N(C)n1ccc3ccccc31)c1c(N(C)n3ccc4ccccc43)c3ccccc3c(N(C)n3ccc4ccccc43)c21)n1ccc2ccccc21. The van der Waals surface area contributed by atoms with Crippen LogP contribution in [0.4, 0.5) is 45.5 Å². The summed E-state index contributed by atoms with van der Waals surface area (Å²) in [5.74, 6) is 1.45. The lowest BCUT2D eigenvalue weighted by Crippen LogP contribution is -2.27. The minimum atomic E-state index is 0.363. The minimum absolute atomic E-state index is 0.363. The van der Waals surface area contributed by atoms with Gasteiger partial charge in [0.1, 0.15) is 22.6 Å². The monoisotopic (exact) mass is 1870 g/mol. The van der Waals surface area contributed by atoms with Crippen molar-refractivity contribution in [2.75, 3.05) is 96.5 Å². The van der Waals surface area contributed by atoms with Crippen LogP contribution in [-0.2, 0) is 0 Å². The Labute approximate surface area is 823 Å². The first-order chi connectivity index (χ1) is 70.8. The Balaban J connectivity index is 0.882. The number of H-pyrrole nitrogens is 2. The highest BCUT2D eigenvalue weighted by molar-refractivity contribution is 6.31. The van der Waals surface area contributed by atoms with Gasteiger partial charge < -0.3 is 9.97 Å². The van der Waals surface area contributed by atoms with Gasteiger partial charge in [-0.05, 0) is 97.1 Å². The third-order valence-corrected chi connectivity index (χ3v) is 30.1. The molecule has 2 aliphatic heterocycles. The highest BCUT2D eigenvalue weighted by Crippen LogP contribution is 2.58. The number of rotatable bonds is 16. The molecule has 0 fully saturated rings. The van der Waals surface area contributed by atoms with Gasteiger partial charge in [0.25, 0.3) is 0 Å². The van der Waals surface area contributed by atoms with Gasteiger partial charge in [0.2, 0.25) is 0 Å². The maximum absolute atomic E-state index is 6.54. The Morgan fingerprint density at radius 2 is 0.299 bits per heavy atom. The molecule has 13 heterocycles. The topological polar surface area (TPSA) is 174 Å². The smallest absolute Gasteiger partial charge is 0.167 e. The zero-order valence-corrected chi connectivity index (χ0v) is 79.8. The molecular formula is C120H90N24. The molecule has 0 saturated carbocycles. The average molecular weight is 1870 g/mol. The number of hydrogen-bond acceptors (Lipinski definition) is 14. The molecule has 16 aromatic carbocycles. The summed E-state index contributed by atoms with van der Waals surface area (Å²) in [5.41, 5.74) is 19.2. The van der Waals surface area contributed by atoms with E-state index in [1.54, 1.807) is 0 Å². The Morgan fingerprint density at radius 1 is 0.160 bits per heavy atom. The van der Waals surface area contributed by atoms with Gasteiger partial charge in [-0.2, -0.15) is 0 Å². The summed E-state index contributed by atoms with van der Waals surface area (Å²) >= 11 is 0. The molecule has 8 bridgehead atoms. The van der Waals surface area contributed by atoms with Crippen molar-refractivity contribution in [3.8, 4) is 45.6 Å².